The maximum atomic E-state index is 12.5. The maximum absolute atomic E-state index is 12.5. The predicted molar refractivity (Wildman–Crippen MR) is 148 cm³/mol. The van der Waals surface area contributed by atoms with E-state index >= 15 is 0 Å². The minimum Gasteiger partial charge on any atom is -0.507 e. The number of aromatic nitrogens is 4. The van der Waals surface area contributed by atoms with Crippen molar-refractivity contribution in [2.45, 2.75) is 19.0 Å². The highest BCUT2D eigenvalue weighted by Crippen LogP contribution is 2.28. The lowest BCUT2D eigenvalue weighted by atomic mass is 10.2. The maximum Gasteiger partial charge on any atom is 0.250 e. The van der Waals surface area contributed by atoms with E-state index in [9.17, 15) is 9.90 Å². The first-order valence-electron chi connectivity index (χ1n) is 11.6. The molecule has 2 N–H and O–H groups in total. The number of carbonyl (C=O) groups is 1. The van der Waals surface area contributed by atoms with E-state index in [1.807, 2.05) is 34.9 Å². The molecule has 2 aromatic carbocycles. The summed E-state index contributed by atoms with van der Waals surface area (Å²) in [5.74, 6) is 0.453. The van der Waals surface area contributed by atoms with Crippen LogP contribution >= 0.6 is 23.4 Å². The fraction of sp³-hybridized carbons (Fsp3) is 0.192. The van der Waals surface area contributed by atoms with Gasteiger partial charge in [0.2, 0.25) is 0 Å². The molecule has 0 radical (unpaired) electrons. The van der Waals surface area contributed by atoms with E-state index in [-0.39, 0.29) is 17.4 Å². The Morgan fingerprint density at radius 1 is 1.11 bits per heavy atom. The molecular weight excluding hydrogens is 510 g/mol. The smallest absolute Gasteiger partial charge is 0.250 e. The molecule has 0 bridgehead atoms. The van der Waals surface area contributed by atoms with Crippen molar-refractivity contribution in [3.05, 3.63) is 77.6 Å². The van der Waals surface area contributed by atoms with Crippen molar-refractivity contribution >= 4 is 41.2 Å². The summed E-state index contributed by atoms with van der Waals surface area (Å²) in [5.41, 5.74) is 5.58. The highest BCUT2D eigenvalue weighted by Gasteiger charge is 2.17. The molecule has 4 aromatic rings. The average molecular weight is 536 g/mol. The summed E-state index contributed by atoms with van der Waals surface area (Å²) < 4.78 is 1.86. The molecule has 0 atom stereocenters. The Bertz CT molecular complexity index is 1370. The molecule has 0 unspecified atom stereocenters. The van der Waals surface area contributed by atoms with Crippen LogP contribution in [-0.4, -0.2) is 55.8 Å². The van der Waals surface area contributed by atoms with Crippen molar-refractivity contribution in [3.63, 3.8) is 0 Å². The summed E-state index contributed by atoms with van der Waals surface area (Å²) >= 11 is 7.30. The highest BCUT2D eigenvalue weighted by molar-refractivity contribution is 7.99. The summed E-state index contributed by atoms with van der Waals surface area (Å²) in [6.45, 7) is 5.79. The number of rotatable bonds is 10. The standard InChI is InChI=1S/C26H26ClN7O2S/c1-3-33(4-2)22-8-5-19(23(35)15-22)16-29-30-24(36)17-37-26-32-31-25(18-11-13-28-14-12-18)34(26)21-9-6-20(27)7-10-21/h5-16,35H,3-4,17H2,1-2H3,(H,30,36). The molecule has 0 saturated carbocycles. The number of carbonyl (C=O) groups excluding carboxylic acids is 1. The molecule has 0 aliphatic carbocycles. The van der Waals surface area contributed by atoms with Crippen LogP contribution in [0.2, 0.25) is 5.02 Å². The molecule has 2 heterocycles. The van der Waals surface area contributed by atoms with Gasteiger partial charge in [0.15, 0.2) is 11.0 Å². The van der Waals surface area contributed by atoms with E-state index in [0.717, 1.165) is 30.0 Å². The Morgan fingerprint density at radius 3 is 2.51 bits per heavy atom. The Labute approximate surface area is 224 Å². The van der Waals surface area contributed by atoms with Crippen LogP contribution in [0.15, 0.2) is 77.2 Å². The van der Waals surface area contributed by atoms with Crippen molar-refractivity contribution in [1.82, 2.24) is 25.2 Å². The second-order valence-corrected chi connectivity index (χ2v) is 9.23. The molecule has 0 aliphatic heterocycles. The van der Waals surface area contributed by atoms with Gasteiger partial charge in [-0.25, -0.2) is 5.43 Å². The third-order valence-electron chi connectivity index (χ3n) is 5.52. The number of halogens is 1. The van der Waals surface area contributed by atoms with Crippen LogP contribution in [0.25, 0.3) is 17.1 Å². The van der Waals surface area contributed by atoms with Crippen LogP contribution in [0.4, 0.5) is 5.69 Å². The molecular formula is C26H26ClN7O2S. The highest BCUT2D eigenvalue weighted by atomic mass is 35.5. The lowest BCUT2D eigenvalue weighted by molar-refractivity contribution is -0.118. The molecule has 0 saturated heterocycles. The molecule has 9 nitrogen and oxygen atoms in total. The fourth-order valence-electron chi connectivity index (χ4n) is 3.64. The number of anilines is 1. The number of nitrogens with one attached hydrogen (secondary N) is 1. The number of phenolic OH excluding ortho intramolecular Hbond substituents is 1. The van der Waals surface area contributed by atoms with Gasteiger partial charge in [-0.05, 0) is 62.4 Å². The van der Waals surface area contributed by atoms with Crippen molar-refractivity contribution in [2.24, 2.45) is 5.10 Å². The first-order valence-corrected chi connectivity index (χ1v) is 13.0. The zero-order valence-corrected chi connectivity index (χ0v) is 21.9. The van der Waals surface area contributed by atoms with Crippen LogP contribution in [0.3, 0.4) is 0 Å². The van der Waals surface area contributed by atoms with Crippen molar-refractivity contribution < 1.29 is 9.90 Å². The lowest BCUT2D eigenvalue weighted by Gasteiger charge is -2.21. The van der Waals surface area contributed by atoms with Gasteiger partial charge in [-0.15, -0.1) is 10.2 Å². The van der Waals surface area contributed by atoms with Gasteiger partial charge in [-0.3, -0.25) is 14.3 Å². The van der Waals surface area contributed by atoms with Gasteiger partial charge in [-0.2, -0.15) is 5.10 Å². The Hall–Kier alpha value is -3.89. The summed E-state index contributed by atoms with van der Waals surface area (Å²) in [4.78, 5) is 18.7. The number of phenols is 1. The molecule has 2 aromatic heterocycles. The second kappa shape index (κ2) is 12.4. The predicted octanol–water partition coefficient (Wildman–Crippen LogP) is 4.78. The third kappa shape index (κ3) is 6.46. The number of nitrogens with zero attached hydrogens (tertiary/aromatic N) is 6. The number of hydrogen-bond donors (Lipinski definition) is 2. The molecule has 0 spiro atoms. The molecule has 1 amide bonds. The molecule has 190 valence electrons. The van der Waals surface area contributed by atoms with E-state index in [0.29, 0.717) is 21.6 Å². The Balaban J connectivity index is 1.44. The summed E-state index contributed by atoms with van der Waals surface area (Å²) in [7, 11) is 0. The first kappa shape index (κ1) is 26.2. The number of hydrogen-bond acceptors (Lipinski definition) is 8. The SMILES string of the molecule is CCN(CC)c1ccc(C=NNC(=O)CSc2nnc(-c3ccncc3)n2-c2ccc(Cl)cc2)c(O)c1. The van der Waals surface area contributed by atoms with Gasteiger partial charge >= 0.3 is 0 Å². The van der Waals surface area contributed by atoms with E-state index < -0.39 is 0 Å². The van der Waals surface area contributed by atoms with Crippen LogP contribution in [0.1, 0.15) is 19.4 Å². The van der Waals surface area contributed by atoms with Crippen LogP contribution < -0.4 is 10.3 Å². The fourth-order valence-corrected chi connectivity index (χ4v) is 4.51. The largest absolute Gasteiger partial charge is 0.507 e. The monoisotopic (exact) mass is 535 g/mol. The van der Waals surface area contributed by atoms with Crippen molar-refractivity contribution in [2.75, 3.05) is 23.7 Å². The van der Waals surface area contributed by atoms with E-state index in [4.69, 9.17) is 11.6 Å². The van der Waals surface area contributed by atoms with E-state index in [1.54, 1.807) is 36.7 Å². The van der Waals surface area contributed by atoms with E-state index in [1.165, 1.54) is 18.0 Å². The minimum atomic E-state index is -0.323. The number of pyridine rings is 1. The third-order valence-corrected chi connectivity index (χ3v) is 6.71. The summed E-state index contributed by atoms with van der Waals surface area (Å²) in [6, 6.07) is 16.4. The first-order chi connectivity index (χ1) is 18.0. The van der Waals surface area contributed by atoms with Crippen molar-refractivity contribution in [3.8, 4) is 22.8 Å². The van der Waals surface area contributed by atoms with Crippen molar-refractivity contribution in [1.29, 1.82) is 0 Å². The molecule has 0 aliphatic rings. The number of thioether (sulfide) groups is 1. The summed E-state index contributed by atoms with van der Waals surface area (Å²) in [5, 5.41) is 24.1. The lowest BCUT2D eigenvalue weighted by Crippen LogP contribution is -2.21. The zero-order chi connectivity index (χ0) is 26.2. The molecule has 4 rings (SSSR count). The van der Waals surface area contributed by atoms with Gasteiger partial charge in [0.05, 0.1) is 12.0 Å². The topological polar surface area (TPSA) is 109 Å². The Kier molecular flexibility index (Phi) is 8.76. The van der Waals surface area contributed by atoms with Gasteiger partial charge in [0.1, 0.15) is 5.75 Å². The number of aromatic hydroxyl groups is 1. The normalized spacial score (nSPS) is 11.1. The van der Waals surface area contributed by atoms with E-state index in [2.05, 4.69) is 44.5 Å². The average Bonchev–Trinajstić information content (AvgIpc) is 3.34. The Morgan fingerprint density at radius 2 is 1.84 bits per heavy atom. The second-order valence-electron chi connectivity index (χ2n) is 7.85. The van der Waals surface area contributed by atoms with Crippen LogP contribution in [0.5, 0.6) is 5.75 Å². The van der Waals surface area contributed by atoms with Crippen LogP contribution in [0, 0.1) is 0 Å². The quantitative estimate of drug-likeness (QED) is 0.171. The molecule has 11 heteroatoms. The van der Waals surface area contributed by atoms with Gasteiger partial charge < -0.3 is 10.0 Å². The number of hydrazone groups is 1. The van der Waals surface area contributed by atoms with Crippen LogP contribution in [-0.2, 0) is 4.79 Å². The van der Waals surface area contributed by atoms with Gasteiger partial charge in [-0.1, -0.05) is 23.4 Å². The zero-order valence-electron chi connectivity index (χ0n) is 20.4. The minimum absolute atomic E-state index is 0.0618. The number of benzene rings is 2. The van der Waals surface area contributed by atoms with Gasteiger partial charge in [0.25, 0.3) is 5.91 Å². The number of amides is 1. The van der Waals surface area contributed by atoms with Gasteiger partial charge in [0, 0.05) is 59.1 Å². The molecule has 37 heavy (non-hydrogen) atoms. The summed E-state index contributed by atoms with van der Waals surface area (Å²) in [6.07, 6.45) is 4.79. The molecule has 0 fully saturated rings.